The number of carboxylic acid groups (broad SMARTS) is 1. The molecule has 0 amide bonds. The van der Waals surface area contributed by atoms with Crippen LogP contribution < -0.4 is 5.32 Å². The van der Waals surface area contributed by atoms with Gasteiger partial charge in [-0.25, -0.2) is 0 Å². The van der Waals surface area contributed by atoms with Gasteiger partial charge in [-0.15, -0.1) is 0 Å². The molecule has 3 unspecified atom stereocenters. The molecule has 1 aliphatic heterocycles. The highest BCUT2D eigenvalue weighted by atomic mass is 16.4. The number of piperidine rings is 1. The van der Waals surface area contributed by atoms with E-state index in [0.29, 0.717) is 12.6 Å². The van der Waals surface area contributed by atoms with Crippen molar-refractivity contribution in [3.05, 3.63) is 0 Å². The molecule has 2 aliphatic rings. The fourth-order valence-corrected chi connectivity index (χ4v) is 3.44. The van der Waals surface area contributed by atoms with Crippen molar-refractivity contribution >= 4 is 5.97 Å². The van der Waals surface area contributed by atoms with Gasteiger partial charge < -0.3 is 5.11 Å². The van der Waals surface area contributed by atoms with Crippen LogP contribution >= 0.6 is 0 Å². The summed E-state index contributed by atoms with van der Waals surface area (Å²) in [5.41, 5.74) is -0.821. The van der Waals surface area contributed by atoms with Gasteiger partial charge in [0.15, 0.2) is 0 Å². The van der Waals surface area contributed by atoms with Crippen molar-refractivity contribution in [1.82, 2.24) is 10.2 Å². The molecule has 0 spiro atoms. The van der Waals surface area contributed by atoms with E-state index in [1.807, 2.05) is 13.8 Å². The largest absolute Gasteiger partial charge is 0.480 e. The number of rotatable bonds is 5. The number of carbonyl (C=O) groups is 1. The second-order valence-electron chi connectivity index (χ2n) is 6.20. The van der Waals surface area contributed by atoms with Gasteiger partial charge in [0.1, 0.15) is 5.54 Å². The minimum absolute atomic E-state index is 0.191. The summed E-state index contributed by atoms with van der Waals surface area (Å²) in [6.07, 6.45) is 3.86. The third-order valence-corrected chi connectivity index (χ3v) is 4.12. The van der Waals surface area contributed by atoms with Crippen LogP contribution in [0.1, 0.15) is 40.0 Å². The first-order valence-electron chi connectivity index (χ1n) is 6.66. The first-order valence-corrected chi connectivity index (χ1v) is 6.66. The van der Waals surface area contributed by atoms with Gasteiger partial charge in [-0.2, -0.15) is 0 Å². The fraction of sp³-hybridized carbons (Fsp3) is 0.923. The number of carboxylic acids is 1. The van der Waals surface area contributed by atoms with Gasteiger partial charge in [0.2, 0.25) is 0 Å². The van der Waals surface area contributed by atoms with Crippen LogP contribution in [0.5, 0.6) is 0 Å². The lowest BCUT2D eigenvalue weighted by Gasteiger charge is -2.36. The lowest BCUT2D eigenvalue weighted by molar-refractivity contribution is -0.145. The normalized spacial score (nSPS) is 32.0. The van der Waals surface area contributed by atoms with E-state index in [1.165, 1.54) is 19.3 Å². The second-order valence-corrected chi connectivity index (χ2v) is 6.20. The Morgan fingerprint density at radius 2 is 2.24 bits per heavy atom. The van der Waals surface area contributed by atoms with Crippen LogP contribution in [0.25, 0.3) is 0 Å². The van der Waals surface area contributed by atoms with E-state index >= 15 is 0 Å². The smallest absolute Gasteiger partial charge is 0.324 e. The third-order valence-electron chi connectivity index (χ3n) is 4.12. The maximum absolute atomic E-state index is 11.5. The van der Waals surface area contributed by atoms with Gasteiger partial charge in [0.05, 0.1) is 0 Å². The summed E-state index contributed by atoms with van der Waals surface area (Å²) >= 11 is 0. The van der Waals surface area contributed by atoms with Gasteiger partial charge >= 0.3 is 5.97 Å². The molecule has 1 saturated carbocycles. The van der Waals surface area contributed by atoms with E-state index in [4.69, 9.17) is 0 Å². The highest BCUT2D eigenvalue weighted by molar-refractivity contribution is 5.78. The van der Waals surface area contributed by atoms with Crippen LogP contribution in [-0.4, -0.2) is 46.7 Å². The van der Waals surface area contributed by atoms with E-state index in [-0.39, 0.29) is 6.04 Å². The number of hydrogen-bond acceptors (Lipinski definition) is 3. The minimum Gasteiger partial charge on any atom is -0.480 e. The molecule has 3 atom stereocenters. The second kappa shape index (κ2) is 4.58. The predicted octanol–water partition coefficient (Wildman–Crippen LogP) is 1.31. The lowest BCUT2D eigenvalue weighted by atomic mass is 9.99. The van der Waals surface area contributed by atoms with Gasteiger partial charge in [-0.3, -0.25) is 15.0 Å². The van der Waals surface area contributed by atoms with Crippen LogP contribution in [0.3, 0.4) is 0 Å². The maximum atomic E-state index is 11.5. The molecule has 98 valence electrons. The first-order chi connectivity index (χ1) is 7.90. The standard InChI is InChI=1S/C13H24N2O2/c1-9(2)14-13(3,12(16)17)8-15-7-10-4-5-11(15)6-10/h9-11,14H,4-8H2,1-3H3,(H,16,17). The highest BCUT2D eigenvalue weighted by Gasteiger charge is 2.43. The number of hydrogen-bond donors (Lipinski definition) is 2. The molecule has 17 heavy (non-hydrogen) atoms. The van der Waals surface area contributed by atoms with E-state index < -0.39 is 11.5 Å². The van der Waals surface area contributed by atoms with Crippen LogP contribution in [0.4, 0.5) is 0 Å². The molecular weight excluding hydrogens is 216 g/mol. The molecule has 0 aromatic heterocycles. The van der Waals surface area contributed by atoms with Gasteiger partial charge in [0, 0.05) is 25.2 Å². The molecule has 1 heterocycles. The zero-order chi connectivity index (χ0) is 12.6. The Kier molecular flexibility index (Phi) is 3.46. The minimum atomic E-state index is -0.821. The quantitative estimate of drug-likeness (QED) is 0.761. The lowest BCUT2D eigenvalue weighted by Crippen LogP contribution is -2.59. The van der Waals surface area contributed by atoms with Gasteiger partial charge in [-0.1, -0.05) is 0 Å². The molecule has 0 aromatic rings. The fourth-order valence-electron chi connectivity index (χ4n) is 3.44. The number of nitrogens with one attached hydrogen (secondary N) is 1. The summed E-state index contributed by atoms with van der Waals surface area (Å²) < 4.78 is 0. The van der Waals surface area contributed by atoms with Crippen LogP contribution in [0.2, 0.25) is 0 Å². The zero-order valence-corrected chi connectivity index (χ0v) is 11.1. The van der Waals surface area contributed by atoms with Crippen molar-refractivity contribution in [2.75, 3.05) is 13.1 Å². The number of nitrogens with zero attached hydrogens (tertiary/aromatic N) is 1. The third kappa shape index (κ3) is 2.63. The van der Waals surface area contributed by atoms with Crippen LogP contribution in [0.15, 0.2) is 0 Å². The summed E-state index contributed by atoms with van der Waals surface area (Å²) in [4.78, 5) is 13.8. The van der Waals surface area contributed by atoms with Gasteiger partial charge in [-0.05, 0) is 46.0 Å². The average molecular weight is 240 g/mol. The maximum Gasteiger partial charge on any atom is 0.324 e. The molecular formula is C13H24N2O2. The van der Waals surface area contributed by atoms with E-state index in [9.17, 15) is 9.90 Å². The molecule has 1 saturated heterocycles. The number of likely N-dealkylation sites (tertiary alicyclic amines) is 1. The first kappa shape index (κ1) is 12.8. The van der Waals surface area contributed by atoms with Crippen molar-refractivity contribution in [3.8, 4) is 0 Å². The Morgan fingerprint density at radius 1 is 1.53 bits per heavy atom. The summed E-state index contributed by atoms with van der Waals surface area (Å²) in [5.74, 6) is 0.0751. The molecule has 0 radical (unpaired) electrons. The highest BCUT2D eigenvalue weighted by Crippen LogP contribution is 2.37. The Labute approximate surface area is 103 Å². The topological polar surface area (TPSA) is 52.6 Å². The summed E-state index contributed by atoms with van der Waals surface area (Å²) in [7, 11) is 0. The predicted molar refractivity (Wildman–Crippen MR) is 67.0 cm³/mol. The van der Waals surface area contributed by atoms with Crippen molar-refractivity contribution in [2.45, 2.75) is 57.7 Å². The molecule has 2 fully saturated rings. The van der Waals surface area contributed by atoms with E-state index in [1.54, 1.807) is 6.92 Å². The molecule has 0 aromatic carbocycles. The van der Waals surface area contributed by atoms with Crippen molar-refractivity contribution < 1.29 is 9.90 Å². The molecule has 2 bridgehead atoms. The Hall–Kier alpha value is -0.610. The van der Waals surface area contributed by atoms with Crippen molar-refractivity contribution in [1.29, 1.82) is 0 Å². The number of aliphatic carboxylic acids is 1. The van der Waals surface area contributed by atoms with Crippen LogP contribution in [-0.2, 0) is 4.79 Å². The Balaban J connectivity index is 2.00. The molecule has 1 aliphatic carbocycles. The molecule has 4 heteroatoms. The Bertz CT molecular complexity index is 306. The average Bonchev–Trinajstić information content (AvgIpc) is 2.77. The molecule has 2 rings (SSSR count). The number of fused-ring (bicyclic) bond motifs is 2. The Morgan fingerprint density at radius 3 is 2.65 bits per heavy atom. The monoisotopic (exact) mass is 240 g/mol. The zero-order valence-electron chi connectivity index (χ0n) is 11.1. The SMILES string of the molecule is CC(C)NC(C)(CN1CC2CCC1C2)C(=O)O. The van der Waals surface area contributed by atoms with Crippen molar-refractivity contribution in [3.63, 3.8) is 0 Å². The van der Waals surface area contributed by atoms with E-state index in [2.05, 4.69) is 10.2 Å². The summed E-state index contributed by atoms with van der Waals surface area (Å²) in [6, 6.07) is 0.823. The van der Waals surface area contributed by atoms with Crippen LogP contribution in [0, 0.1) is 5.92 Å². The molecule has 4 nitrogen and oxygen atoms in total. The summed E-state index contributed by atoms with van der Waals surface area (Å²) in [6.45, 7) is 7.52. The van der Waals surface area contributed by atoms with E-state index in [0.717, 1.165) is 12.5 Å². The van der Waals surface area contributed by atoms with Crippen molar-refractivity contribution in [2.24, 2.45) is 5.92 Å². The summed E-state index contributed by atoms with van der Waals surface area (Å²) in [5, 5.41) is 12.6. The molecule has 2 N–H and O–H groups in total. The van der Waals surface area contributed by atoms with Gasteiger partial charge in [0.25, 0.3) is 0 Å².